The molecule has 10 heteroatoms. The summed E-state index contributed by atoms with van der Waals surface area (Å²) in [4.78, 5) is 25.8. The molecule has 0 N–H and O–H groups in total. The van der Waals surface area contributed by atoms with Crippen molar-refractivity contribution >= 4 is 11.9 Å². The molecule has 2 aliphatic rings. The Morgan fingerprint density at radius 2 is 1.62 bits per heavy atom. The van der Waals surface area contributed by atoms with E-state index >= 15 is 0 Å². The largest absolute Gasteiger partial charge is 0.490 e. The zero-order valence-electron chi connectivity index (χ0n) is 27.2. The number of aromatic nitrogens is 5. The molecule has 0 bridgehead atoms. The molecule has 3 atom stereocenters. The fourth-order valence-electron chi connectivity index (χ4n) is 6.79. The van der Waals surface area contributed by atoms with Crippen LogP contribution in [-0.2, 0) is 16.5 Å². The van der Waals surface area contributed by atoms with Gasteiger partial charge in [-0.05, 0) is 79.6 Å². The second-order valence-corrected chi connectivity index (χ2v) is 12.8. The number of hydrogen-bond donors (Lipinski definition) is 0. The van der Waals surface area contributed by atoms with Crippen LogP contribution in [0.1, 0.15) is 89.4 Å². The summed E-state index contributed by atoms with van der Waals surface area (Å²) < 4.78 is 20.6. The van der Waals surface area contributed by atoms with Crippen molar-refractivity contribution in [2.45, 2.75) is 63.4 Å². The molecule has 0 amide bonds. The number of rotatable bonds is 11. The molecule has 48 heavy (non-hydrogen) atoms. The first-order chi connectivity index (χ1) is 23.4. The van der Waals surface area contributed by atoms with Gasteiger partial charge in [-0.3, -0.25) is 4.68 Å². The topological polar surface area (TPSA) is 110 Å². The number of esters is 2. The highest BCUT2D eigenvalue weighted by molar-refractivity contribution is 5.92. The van der Waals surface area contributed by atoms with E-state index in [1.54, 1.807) is 28.9 Å². The summed E-state index contributed by atoms with van der Waals surface area (Å²) in [7, 11) is 1.83. The van der Waals surface area contributed by atoms with E-state index in [-0.39, 0.29) is 17.9 Å². The first-order valence-corrected chi connectivity index (χ1v) is 16.7. The van der Waals surface area contributed by atoms with Crippen LogP contribution >= 0.6 is 0 Å². The molecule has 0 spiro atoms. The summed E-state index contributed by atoms with van der Waals surface area (Å²) in [5.74, 6) is 0.321. The monoisotopic (exact) mass is 645 g/mol. The smallest absolute Gasteiger partial charge is 0.344 e. The molecule has 2 heterocycles. The molecule has 2 aliphatic carbocycles. The van der Waals surface area contributed by atoms with Gasteiger partial charge < -0.3 is 14.2 Å². The van der Waals surface area contributed by atoms with Crippen LogP contribution in [0.3, 0.4) is 0 Å². The van der Waals surface area contributed by atoms with Gasteiger partial charge in [-0.15, -0.1) is 5.10 Å². The molecule has 246 valence electrons. The number of nitrogens with zero attached hydrogens (tertiary/aromatic N) is 5. The molecule has 0 saturated heterocycles. The first-order valence-electron chi connectivity index (χ1n) is 16.7. The lowest BCUT2D eigenvalue weighted by Crippen LogP contribution is -2.25. The van der Waals surface area contributed by atoms with Gasteiger partial charge in [-0.2, -0.15) is 5.10 Å². The fourth-order valence-corrected chi connectivity index (χ4v) is 6.79. The lowest BCUT2D eigenvalue weighted by atomic mass is 9.86. The Bertz CT molecular complexity index is 1890. The molecule has 3 aromatic carbocycles. The maximum atomic E-state index is 13.4. The van der Waals surface area contributed by atoms with Crippen molar-refractivity contribution in [1.29, 1.82) is 0 Å². The highest BCUT2D eigenvalue weighted by Gasteiger charge is 2.46. The normalized spacial score (nSPS) is 18.2. The zero-order chi connectivity index (χ0) is 33.0. The van der Waals surface area contributed by atoms with Crippen molar-refractivity contribution in [2.75, 3.05) is 6.79 Å². The molecule has 0 radical (unpaired) electrons. The highest BCUT2D eigenvalue weighted by Crippen LogP contribution is 2.55. The maximum Gasteiger partial charge on any atom is 0.344 e. The van der Waals surface area contributed by atoms with Crippen LogP contribution in [0.2, 0.25) is 0 Å². The van der Waals surface area contributed by atoms with Crippen LogP contribution in [0.4, 0.5) is 0 Å². The maximum absolute atomic E-state index is 13.4. The van der Waals surface area contributed by atoms with E-state index in [2.05, 4.69) is 46.6 Å². The third-order valence-corrected chi connectivity index (χ3v) is 9.45. The van der Waals surface area contributed by atoms with Crippen molar-refractivity contribution < 1.29 is 23.8 Å². The minimum atomic E-state index is -0.616. The van der Waals surface area contributed by atoms with Gasteiger partial charge in [0.05, 0.1) is 34.9 Å². The van der Waals surface area contributed by atoms with Crippen molar-refractivity contribution in [3.8, 4) is 22.6 Å². The quantitative estimate of drug-likeness (QED) is 0.109. The second kappa shape index (κ2) is 13.9. The highest BCUT2D eigenvalue weighted by atomic mass is 16.7. The van der Waals surface area contributed by atoms with Crippen LogP contribution in [-0.4, -0.2) is 49.6 Å². The van der Waals surface area contributed by atoms with Gasteiger partial charge in [-0.25, -0.2) is 14.3 Å². The summed E-state index contributed by atoms with van der Waals surface area (Å²) in [6, 6.07) is 24.9. The lowest BCUT2D eigenvalue weighted by Gasteiger charge is -2.28. The predicted octanol–water partition coefficient (Wildman–Crippen LogP) is 7.26. The van der Waals surface area contributed by atoms with E-state index < -0.39 is 18.7 Å². The van der Waals surface area contributed by atoms with Gasteiger partial charge in [0.25, 0.3) is 0 Å². The molecule has 2 aromatic heterocycles. The van der Waals surface area contributed by atoms with E-state index in [1.807, 2.05) is 48.3 Å². The number of aryl methyl sites for hydroxylation is 1. The van der Waals surface area contributed by atoms with Crippen LogP contribution < -0.4 is 4.74 Å². The van der Waals surface area contributed by atoms with Crippen LogP contribution in [0.15, 0.2) is 91.3 Å². The van der Waals surface area contributed by atoms with Crippen molar-refractivity contribution in [1.82, 2.24) is 24.8 Å². The van der Waals surface area contributed by atoms with Crippen LogP contribution in [0.25, 0.3) is 16.8 Å². The van der Waals surface area contributed by atoms with Crippen molar-refractivity contribution in [3.05, 3.63) is 114 Å². The minimum absolute atomic E-state index is 0.0275. The number of carbonyl (C=O) groups excluding carboxylic acids is 2. The number of ether oxygens (including phenoxy) is 3. The summed E-state index contributed by atoms with van der Waals surface area (Å²) in [5, 5.41) is 13.1. The molecule has 0 unspecified atom stereocenters. The van der Waals surface area contributed by atoms with Gasteiger partial charge >= 0.3 is 11.9 Å². The molecular weight excluding hydrogens is 606 g/mol. The fraction of sp³-hybridized carbons (Fsp3) is 0.342. The van der Waals surface area contributed by atoms with E-state index in [4.69, 9.17) is 14.2 Å². The van der Waals surface area contributed by atoms with Crippen molar-refractivity contribution in [2.24, 2.45) is 13.0 Å². The van der Waals surface area contributed by atoms with Gasteiger partial charge in [0.1, 0.15) is 11.3 Å². The number of benzene rings is 3. The van der Waals surface area contributed by atoms with Crippen molar-refractivity contribution in [3.63, 3.8) is 0 Å². The molecular formula is C38H39N5O5. The molecule has 5 aromatic rings. The summed E-state index contributed by atoms with van der Waals surface area (Å²) in [5.41, 5.74) is 5.12. The number of hydrogen-bond acceptors (Lipinski definition) is 8. The van der Waals surface area contributed by atoms with Gasteiger partial charge in [0.15, 0.2) is 0 Å². The molecule has 0 aliphatic heterocycles. The Hall–Kier alpha value is -5.25. The van der Waals surface area contributed by atoms with E-state index in [0.29, 0.717) is 17.0 Å². The lowest BCUT2D eigenvalue weighted by molar-refractivity contribution is -0.0168. The second-order valence-electron chi connectivity index (χ2n) is 12.8. The molecule has 7 rings (SSSR count). The summed E-state index contributed by atoms with van der Waals surface area (Å²) in [6.07, 6.45) is 10.7. The Labute approximate surface area is 279 Å². The summed E-state index contributed by atoms with van der Waals surface area (Å²) >= 11 is 0. The first kappa shape index (κ1) is 31.4. The third-order valence-electron chi connectivity index (χ3n) is 9.45. The SMILES string of the molecule is C[C@H](Oc1cccc(-c2cccc(-n3ncc(C(=O)OCOC(=O)c4ccccc4)c3[C@@H]3C[C@H]3c3cn(C)nn3)c2)c1)C1CCCCC1. The van der Waals surface area contributed by atoms with E-state index in [0.717, 1.165) is 40.4 Å². The average molecular weight is 646 g/mol. The summed E-state index contributed by atoms with van der Waals surface area (Å²) in [6.45, 7) is 1.67. The molecule has 10 nitrogen and oxygen atoms in total. The van der Waals surface area contributed by atoms with Gasteiger partial charge in [0, 0.05) is 25.1 Å². The van der Waals surface area contributed by atoms with E-state index in [9.17, 15) is 9.59 Å². The Morgan fingerprint density at radius 3 is 2.40 bits per heavy atom. The number of carbonyl (C=O) groups is 2. The Balaban J connectivity index is 1.13. The van der Waals surface area contributed by atoms with Crippen LogP contribution in [0, 0.1) is 5.92 Å². The van der Waals surface area contributed by atoms with Crippen LogP contribution in [0.5, 0.6) is 5.75 Å². The molecule has 2 saturated carbocycles. The zero-order valence-corrected chi connectivity index (χ0v) is 27.2. The Morgan fingerprint density at radius 1 is 0.875 bits per heavy atom. The Kier molecular flexibility index (Phi) is 9.05. The van der Waals surface area contributed by atoms with Gasteiger partial charge in [-0.1, -0.05) is 66.9 Å². The van der Waals surface area contributed by atoms with E-state index in [1.165, 1.54) is 38.3 Å². The van der Waals surface area contributed by atoms with Gasteiger partial charge in [0.2, 0.25) is 6.79 Å². The average Bonchev–Trinajstić information content (AvgIpc) is 3.57. The third kappa shape index (κ3) is 6.88. The molecule has 2 fully saturated rings. The standard InChI is InChI=1S/C38H39N5O5/c1-25(26-11-5-3-6-12-26)48-31-18-10-16-29(20-31)28-15-9-17-30(19-28)43-36(33-21-32(33)35-23-42(2)41-40-35)34(22-39-43)38(45)47-24-46-37(44)27-13-7-4-8-14-27/h4,7-10,13-20,22-23,25-26,32-33H,3,5-6,11-12,21,24H2,1-2H3/t25-,32+,33+/m0/s1. The predicted molar refractivity (Wildman–Crippen MR) is 179 cm³/mol. The minimum Gasteiger partial charge on any atom is -0.490 e.